The summed E-state index contributed by atoms with van der Waals surface area (Å²) < 4.78 is 4.53. The average Bonchev–Trinajstić information content (AvgIpc) is 1.67. The minimum atomic E-state index is -1.32. The van der Waals surface area contributed by atoms with Gasteiger partial charge < -0.3 is 9.84 Å². The molecule has 0 aliphatic carbocycles. The number of hydrogen-bond acceptors (Lipinski definition) is 3. The van der Waals surface area contributed by atoms with Crippen LogP contribution in [0.15, 0.2) is 0 Å². The van der Waals surface area contributed by atoms with E-state index in [0.717, 1.165) is 0 Å². The molecule has 0 aromatic heterocycles. The van der Waals surface area contributed by atoms with Crippen LogP contribution in [-0.4, -0.2) is 24.4 Å². The smallest absolute Gasteiger partial charge is 0.171 e. The molecule has 1 N–H and O–H groups in total. The fraction of sp³-hybridized carbons (Fsp3) is 0.800. The van der Waals surface area contributed by atoms with E-state index in [1.54, 1.807) is 6.07 Å². The van der Waals surface area contributed by atoms with Crippen molar-refractivity contribution < 1.29 is 9.84 Å². The van der Waals surface area contributed by atoms with Gasteiger partial charge in [0.05, 0.1) is 12.7 Å². The van der Waals surface area contributed by atoms with E-state index in [1.807, 2.05) is 0 Å². The zero-order valence-electron chi connectivity index (χ0n) is 5.01. The van der Waals surface area contributed by atoms with Gasteiger partial charge in [0.2, 0.25) is 0 Å². The summed E-state index contributed by atoms with van der Waals surface area (Å²) in [5, 5.41) is 17.0. The number of rotatable bonds is 2. The Morgan fingerprint density at radius 2 is 2.38 bits per heavy atom. The Kier molecular flexibility index (Phi) is 2.46. The highest BCUT2D eigenvalue weighted by atomic mass is 16.5. The minimum Gasteiger partial charge on any atom is -0.381 e. The summed E-state index contributed by atoms with van der Waals surface area (Å²) in [6.07, 6.45) is 0. The van der Waals surface area contributed by atoms with Crippen LogP contribution in [0.25, 0.3) is 0 Å². The third-order valence-corrected chi connectivity index (χ3v) is 0.666. The molecule has 0 saturated heterocycles. The van der Waals surface area contributed by atoms with Crippen LogP contribution < -0.4 is 0 Å². The lowest BCUT2D eigenvalue weighted by Gasteiger charge is -2.10. The van der Waals surface area contributed by atoms with E-state index < -0.39 is 5.60 Å². The third kappa shape index (κ3) is 2.56. The molecular weight excluding hydrogens is 106 g/mol. The first-order valence-electron chi connectivity index (χ1n) is 2.25. The van der Waals surface area contributed by atoms with Crippen molar-refractivity contribution in [3.05, 3.63) is 0 Å². The maximum atomic E-state index is 8.84. The second-order valence-electron chi connectivity index (χ2n) is 1.82. The Balaban J connectivity index is 3.59. The summed E-state index contributed by atoms with van der Waals surface area (Å²) in [6.45, 7) is 1.46. The van der Waals surface area contributed by atoms with Crippen molar-refractivity contribution in [3.63, 3.8) is 0 Å². The molecule has 0 fully saturated rings. The molecule has 46 valence electrons. The van der Waals surface area contributed by atoms with Crippen LogP contribution in [0.3, 0.4) is 0 Å². The first-order chi connectivity index (χ1) is 3.62. The second kappa shape index (κ2) is 2.65. The average molecular weight is 115 g/mol. The summed E-state index contributed by atoms with van der Waals surface area (Å²) in [6, 6.07) is 1.67. The number of aliphatic hydroxyl groups is 1. The summed E-state index contributed by atoms with van der Waals surface area (Å²) in [4.78, 5) is 0. The van der Waals surface area contributed by atoms with Gasteiger partial charge in [0, 0.05) is 7.11 Å². The largest absolute Gasteiger partial charge is 0.381 e. The van der Waals surface area contributed by atoms with Gasteiger partial charge in [-0.3, -0.25) is 0 Å². The Morgan fingerprint density at radius 3 is 2.50 bits per heavy atom. The number of nitrogens with zero attached hydrogens (tertiary/aromatic N) is 1. The van der Waals surface area contributed by atoms with Crippen LogP contribution in [0, 0.1) is 11.3 Å². The molecule has 0 aromatic rings. The topological polar surface area (TPSA) is 53.2 Å². The van der Waals surface area contributed by atoms with E-state index in [4.69, 9.17) is 10.4 Å². The Labute approximate surface area is 48.5 Å². The molecule has 3 heteroatoms. The predicted octanol–water partition coefficient (Wildman–Crippen LogP) is -0.0926. The SMILES string of the molecule is COC[C@@](C)(O)C#N. The third-order valence-electron chi connectivity index (χ3n) is 0.666. The standard InChI is InChI=1S/C5H9NO2/c1-5(7,3-6)4-8-2/h7H,4H2,1-2H3/t5-/m0/s1. The number of ether oxygens (including phenoxy) is 1. The lowest BCUT2D eigenvalue weighted by atomic mass is 10.1. The Morgan fingerprint density at radius 1 is 1.88 bits per heavy atom. The molecule has 3 nitrogen and oxygen atoms in total. The van der Waals surface area contributed by atoms with Crippen LogP contribution in [0.5, 0.6) is 0 Å². The molecular formula is C5H9NO2. The number of nitriles is 1. The summed E-state index contributed by atoms with van der Waals surface area (Å²) >= 11 is 0. The van der Waals surface area contributed by atoms with Gasteiger partial charge in [-0.1, -0.05) is 0 Å². The molecule has 0 heterocycles. The van der Waals surface area contributed by atoms with Crippen LogP contribution in [-0.2, 0) is 4.74 Å². The monoisotopic (exact) mass is 115 g/mol. The predicted molar refractivity (Wildman–Crippen MR) is 28.1 cm³/mol. The second-order valence-corrected chi connectivity index (χ2v) is 1.82. The van der Waals surface area contributed by atoms with Gasteiger partial charge in [-0.25, -0.2) is 0 Å². The molecule has 0 saturated carbocycles. The van der Waals surface area contributed by atoms with Gasteiger partial charge in [-0.15, -0.1) is 0 Å². The van der Waals surface area contributed by atoms with Crippen LogP contribution >= 0.6 is 0 Å². The first-order valence-corrected chi connectivity index (χ1v) is 2.25. The van der Waals surface area contributed by atoms with E-state index in [2.05, 4.69) is 4.74 Å². The molecule has 0 aliphatic rings. The van der Waals surface area contributed by atoms with Crippen LogP contribution in [0.2, 0.25) is 0 Å². The van der Waals surface area contributed by atoms with E-state index in [1.165, 1.54) is 14.0 Å². The summed E-state index contributed by atoms with van der Waals surface area (Å²) in [7, 11) is 1.44. The van der Waals surface area contributed by atoms with Crippen LogP contribution in [0.1, 0.15) is 6.92 Å². The van der Waals surface area contributed by atoms with Gasteiger partial charge in [0.15, 0.2) is 5.60 Å². The van der Waals surface area contributed by atoms with Crippen molar-refractivity contribution in [2.45, 2.75) is 12.5 Å². The Bertz CT molecular complexity index is 103. The molecule has 8 heavy (non-hydrogen) atoms. The van der Waals surface area contributed by atoms with E-state index in [9.17, 15) is 0 Å². The number of hydrogen-bond donors (Lipinski definition) is 1. The van der Waals surface area contributed by atoms with Crippen LogP contribution in [0.4, 0.5) is 0 Å². The van der Waals surface area contributed by atoms with E-state index in [0.29, 0.717) is 0 Å². The van der Waals surface area contributed by atoms with Gasteiger partial charge in [0.25, 0.3) is 0 Å². The first kappa shape index (κ1) is 7.41. The Hall–Kier alpha value is -0.590. The summed E-state index contributed by atoms with van der Waals surface area (Å²) in [5.74, 6) is 0. The lowest BCUT2D eigenvalue weighted by molar-refractivity contribution is 0.0259. The van der Waals surface area contributed by atoms with Crippen molar-refractivity contribution in [1.29, 1.82) is 5.26 Å². The molecule has 0 unspecified atom stereocenters. The van der Waals surface area contributed by atoms with Crippen molar-refractivity contribution in [2.24, 2.45) is 0 Å². The zero-order valence-corrected chi connectivity index (χ0v) is 5.01. The van der Waals surface area contributed by atoms with Crippen molar-refractivity contribution in [3.8, 4) is 6.07 Å². The van der Waals surface area contributed by atoms with Gasteiger partial charge in [-0.2, -0.15) is 5.26 Å². The van der Waals surface area contributed by atoms with Gasteiger partial charge in [-0.05, 0) is 6.92 Å². The highest BCUT2D eigenvalue weighted by molar-refractivity contribution is 4.95. The fourth-order valence-corrected chi connectivity index (χ4v) is 0.313. The number of methoxy groups -OCH3 is 1. The summed E-state index contributed by atoms with van der Waals surface area (Å²) in [5.41, 5.74) is -1.32. The van der Waals surface area contributed by atoms with Crippen molar-refractivity contribution in [2.75, 3.05) is 13.7 Å². The van der Waals surface area contributed by atoms with E-state index in [-0.39, 0.29) is 6.61 Å². The molecule has 0 amide bonds. The van der Waals surface area contributed by atoms with Gasteiger partial charge >= 0.3 is 0 Å². The fourth-order valence-electron chi connectivity index (χ4n) is 0.313. The molecule has 0 spiro atoms. The van der Waals surface area contributed by atoms with E-state index >= 15 is 0 Å². The zero-order chi connectivity index (χ0) is 6.62. The lowest BCUT2D eigenvalue weighted by Crippen LogP contribution is -2.27. The van der Waals surface area contributed by atoms with Crippen molar-refractivity contribution >= 4 is 0 Å². The molecule has 1 atom stereocenters. The highest BCUT2D eigenvalue weighted by Gasteiger charge is 2.17. The molecule has 0 aliphatic heterocycles. The molecule has 0 bridgehead atoms. The molecule has 0 aromatic carbocycles. The maximum Gasteiger partial charge on any atom is 0.171 e. The highest BCUT2D eigenvalue weighted by Crippen LogP contribution is 1.98. The molecule has 0 rings (SSSR count). The quantitative estimate of drug-likeness (QED) is 0.511. The minimum absolute atomic E-state index is 0.0590. The molecule has 0 radical (unpaired) electrons. The van der Waals surface area contributed by atoms with Gasteiger partial charge in [0.1, 0.15) is 0 Å². The normalized spacial score (nSPS) is 16.8. The van der Waals surface area contributed by atoms with Crippen molar-refractivity contribution in [1.82, 2.24) is 0 Å². The maximum absolute atomic E-state index is 8.84.